The molecule has 1 saturated heterocycles. The van der Waals surface area contributed by atoms with Crippen LogP contribution in [0.2, 0.25) is 0 Å². The fraction of sp³-hybridized carbons (Fsp3) is 0.688. The van der Waals surface area contributed by atoms with Crippen molar-refractivity contribution >= 4 is 34.5 Å². The summed E-state index contributed by atoms with van der Waals surface area (Å²) >= 11 is 2.27. The molecule has 1 unspecified atom stereocenters. The Morgan fingerprint density at radius 1 is 1.30 bits per heavy atom. The third-order valence-corrected chi connectivity index (χ3v) is 5.98. The first-order valence-corrected chi connectivity index (χ1v) is 9.27. The third kappa shape index (κ3) is 3.54. The number of carbonyl (C=O) groups is 2. The number of hydrogen-bond donors (Lipinski definition) is 0. The summed E-state index contributed by atoms with van der Waals surface area (Å²) in [4.78, 5) is 26.1. The van der Waals surface area contributed by atoms with Crippen molar-refractivity contribution in [1.29, 1.82) is 0 Å². The average Bonchev–Trinajstić information content (AvgIpc) is 2.90. The second kappa shape index (κ2) is 7.19. The van der Waals surface area contributed by atoms with E-state index in [0.717, 1.165) is 48.2 Å². The Balaban J connectivity index is 1.71. The zero-order valence-electron chi connectivity index (χ0n) is 13.4. The van der Waals surface area contributed by atoms with Gasteiger partial charge in [0.05, 0.1) is 18.7 Å². The molecule has 126 valence electrons. The molecule has 2 heterocycles. The van der Waals surface area contributed by atoms with Gasteiger partial charge < -0.3 is 9.64 Å². The number of nitrogens with zero attached hydrogens (tertiary/aromatic N) is 3. The highest BCUT2D eigenvalue weighted by Gasteiger charge is 2.30. The number of carbonyl (C=O) groups excluding carboxylic acids is 2. The van der Waals surface area contributed by atoms with E-state index in [2.05, 4.69) is 27.7 Å². The molecule has 23 heavy (non-hydrogen) atoms. The van der Waals surface area contributed by atoms with Gasteiger partial charge in [0.25, 0.3) is 0 Å². The van der Waals surface area contributed by atoms with Gasteiger partial charge in [-0.3, -0.25) is 9.59 Å². The second-order valence-corrected chi connectivity index (χ2v) is 7.30. The zero-order valence-corrected chi connectivity index (χ0v) is 15.5. The first-order valence-electron chi connectivity index (χ1n) is 8.19. The van der Waals surface area contributed by atoms with Crippen LogP contribution in [0.3, 0.4) is 0 Å². The molecular formula is C16H22IN3O3. The third-order valence-electron chi connectivity index (χ3n) is 4.78. The first kappa shape index (κ1) is 16.7. The fourth-order valence-electron chi connectivity index (χ4n) is 3.43. The van der Waals surface area contributed by atoms with Crippen molar-refractivity contribution in [2.75, 3.05) is 20.2 Å². The van der Waals surface area contributed by atoms with Gasteiger partial charge >= 0.3 is 5.97 Å². The molecule has 1 fully saturated rings. The molecule has 0 bridgehead atoms. The smallest absolute Gasteiger partial charge is 0.309 e. The van der Waals surface area contributed by atoms with E-state index < -0.39 is 0 Å². The number of hydrogen-bond acceptors (Lipinski definition) is 4. The molecule has 0 N–H and O–H groups in total. The van der Waals surface area contributed by atoms with E-state index in [9.17, 15) is 9.59 Å². The minimum absolute atomic E-state index is 0.107. The minimum atomic E-state index is -0.162. The van der Waals surface area contributed by atoms with Gasteiger partial charge in [-0.05, 0) is 54.7 Å². The highest BCUT2D eigenvalue weighted by molar-refractivity contribution is 14.1. The summed E-state index contributed by atoms with van der Waals surface area (Å²) in [5, 5.41) is 4.61. The van der Waals surface area contributed by atoms with Gasteiger partial charge in [-0.15, -0.1) is 0 Å². The van der Waals surface area contributed by atoms with Crippen LogP contribution in [0.15, 0.2) is 0 Å². The van der Waals surface area contributed by atoms with Crippen molar-refractivity contribution in [2.24, 2.45) is 5.92 Å². The molecule has 0 aromatic carbocycles. The summed E-state index contributed by atoms with van der Waals surface area (Å²) in [7, 11) is 1.43. The molecule has 1 aliphatic carbocycles. The normalized spacial score (nSPS) is 21.0. The van der Waals surface area contributed by atoms with Crippen LogP contribution in [-0.4, -0.2) is 46.8 Å². The Kier molecular flexibility index (Phi) is 5.23. The highest BCUT2D eigenvalue weighted by atomic mass is 127. The number of ether oxygens (including phenoxy) is 1. The number of aromatic nitrogens is 2. The molecular weight excluding hydrogens is 409 g/mol. The van der Waals surface area contributed by atoms with E-state index in [1.165, 1.54) is 19.1 Å². The Morgan fingerprint density at radius 3 is 2.74 bits per heavy atom. The number of amides is 1. The summed E-state index contributed by atoms with van der Waals surface area (Å²) in [5.41, 5.74) is 2.14. The fourth-order valence-corrected chi connectivity index (χ4v) is 4.29. The van der Waals surface area contributed by atoms with Crippen molar-refractivity contribution in [1.82, 2.24) is 14.7 Å². The summed E-state index contributed by atoms with van der Waals surface area (Å²) in [6.07, 6.45) is 5.64. The summed E-state index contributed by atoms with van der Waals surface area (Å²) in [6, 6.07) is 0. The molecule has 1 aromatic rings. The van der Waals surface area contributed by atoms with Crippen LogP contribution in [-0.2, 0) is 33.7 Å². The standard InChI is InChI=1S/C16H22IN3O3/c1-23-16(22)11-5-6-12-13(9-11)18-20(15(12)17)10-14(21)19-7-3-2-4-8-19/h11H,2-10H2,1H3. The Hall–Kier alpha value is -1.12. The molecule has 0 radical (unpaired) electrons. The van der Waals surface area contributed by atoms with E-state index in [4.69, 9.17) is 4.74 Å². The maximum atomic E-state index is 12.4. The second-order valence-electron chi connectivity index (χ2n) is 6.28. The van der Waals surface area contributed by atoms with Crippen LogP contribution < -0.4 is 0 Å². The lowest BCUT2D eigenvalue weighted by molar-refractivity contribution is -0.145. The zero-order chi connectivity index (χ0) is 16.4. The lowest BCUT2D eigenvalue weighted by Gasteiger charge is -2.26. The molecule has 3 rings (SSSR count). The topological polar surface area (TPSA) is 64.4 Å². The first-order chi connectivity index (χ1) is 11.1. The summed E-state index contributed by atoms with van der Waals surface area (Å²) in [6.45, 7) is 2.02. The lowest BCUT2D eigenvalue weighted by Crippen LogP contribution is -2.38. The Bertz CT molecular complexity index is 608. The molecule has 6 nitrogen and oxygen atoms in total. The van der Waals surface area contributed by atoms with Crippen LogP contribution in [0.1, 0.15) is 36.9 Å². The van der Waals surface area contributed by atoms with Crippen LogP contribution in [0, 0.1) is 9.62 Å². The highest BCUT2D eigenvalue weighted by Crippen LogP contribution is 2.29. The maximum absolute atomic E-state index is 12.4. The number of methoxy groups -OCH3 is 1. The van der Waals surface area contributed by atoms with Crippen molar-refractivity contribution in [3.05, 3.63) is 15.0 Å². The van der Waals surface area contributed by atoms with Crippen molar-refractivity contribution in [3.63, 3.8) is 0 Å². The number of fused-ring (bicyclic) bond motifs is 1. The van der Waals surface area contributed by atoms with Crippen LogP contribution in [0.5, 0.6) is 0 Å². The molecule has 1 aliphatic heterocycles. The van der Waals surface area contributed by atoms with E-state index >= 15 is 0 Å². The predicted molar refractivity (Wildman–Crippen MR) is 92.9 cm³/mol. The van der Waals surface area contributed by atoms with Gasteiger partial charge in [0.2, 0.25) is 5.91 Å². The molecule has 0 spiro atoms. The van der Waals surface area contributed by atoms with Gasteiger partial charge in [-0.2, -0.15) is 5.10 Å². The number of halogens is 1. The monoisotopic (exact) mass is 431 g/mol. The van der Waals surface area contributed by atoms with Crippen molar-refractivity contribution in [2.45, 2.75) is 45.1 Å². The quantitative estimate of drug-likeness (QED) is 0.541. The Labute approximate surface area is 149 Å². The number of esters is 1. The van der Waals surface area contributed by atoms with Gasteiger partial charge in [0, 0.05) is 25.1 Å². The van der Waals surface area contributed by atoms with Crippen LogP contribution in [0.4, 0.5) is 0 Å². The molecule has 1 aromatic heterocycles. The molecule has 1 atom stereocenters. The molecule has 1 amide bonds. The number of rotatable bonds is 3. The van der Waals surface area contributed by atoms with Gasteiger partial charge in [-0.1, -0.05) is 0 Å². The maximum Gasteiger partial charge on any atom is 0.309 e. The summed E-state index contributed by atoms with van der Waals surface area (Å²) < 4.78 is 7.69. The Morgan fingerprint density at radius 2 is 2.04 bits per heavy atom. The van der Waals surface area contributed by atoms with E-state index in [1.807, 2.05) is 9.58 Å². The average molecular weight is 431 g/mol. The van der Waals surface area contributed by atoms with Crippen LogP contribution in [0.25, 0.3) is 0 Å². The molecule has 0 saturated carbocycles. The van der Waals surface area contributed by atoms with Gasteiger partial charge in [0.15, 0.2) is 0 Å². The molecule has 7 heteroatoms. The van der Waals surface area contributed by atoms with Crippen LogP contribution >= 0.6 is 22.6 Å². The lowest BCUT2D eigenvalue weighted by atomic mass is 9.88. The van der Waals surface area contributed by atoms with Gasteiger partial charge in [-0.25, -0.2) is 4.68 Å². The van der Waals surface area contributed by atoms with Gasteiger partial charge in [0.1, 0.15) is 10.2 Å². The number of piperidine rings is 1. The molecule has 2 aliphatic rings. The van der Waals surface area contributed by atoms with E-state index in [0.29, 0.717) is 13.0 Å². The predicted octanol–water partition coefficient (Wildman–Crippen LogP) is 1.78. The largest absolute Gasteiger partial charge is 0.469 e. The number of likely N-dealkylation sites (tertiary alicyclic amines) is 1. The van der Waals surface area contributed by atoms with E-state index in [1.54, 1.807) is 0 Å². The van der Waals surface area contributed by atoms with Crippen molar-refractivity contribution < 1.29 is 14.3 Å². The van der Waals surface area contributed by atoms with E-state index in [-0.39, 0.29) is 17.8 Å². The minimum Gasteiger partial charge on any atom is -0.469 e. The summed E-state index contributed by atoms with van der Waals surface area (Å²) in [5.74, 6) is -0.124. The SMILES string of the molecule is COC(=O)C1CCc2c(nn(CC(=O)N3CCCCC3)c2I)C1. The van der Waals surface area contributed by atoms with Crippen molar-refractivity contribution in [3.8, 4) is 0 Å².